The van der Waals surface area contributed by atoms with Gasteiger partial charge in [-0.2, -0.15) is 0 Å². The van der Waals surface area contributed by atoms with Gasteiger partial charge in [-0.05, 0) is 76.5 Å². The van der Waals surface area contributed by atoms with Crippen LogP contribution in [0.3, 0.4) is 0 Å². The zero-order chi connectivity index (χ0) is 21.4. The van der Waals surface area contributed by atoms with E-state index in [-0.39, 0.29) is 47.9 Å². The van der Waals surface area contributed by atoms with Crippen molar-refractivity contribution in [1.29, 1.82) is 0 Å². The molecule has 30 heavy (non-hydrogen) atoms. The molecule has 4 fully saturated rings. The Bertz CT molecular complexity index is 669. The Morgan fingerprint density at radius 2 is 1.63 bits per heavy atom. The van der Waals surface area contributed by atoms with E-state index in [1.807, 2.05) is 4.90 Å². The number of hydrogen-bond donors (Lipinski definition) is 1. The summed E-state index contributed by atoms with van der Waals surface area (Å²) < 4.78 is 5.72. The third kappa shape index (κ3) is 4.10. The van der Waals surface area contributed by atoms with Crippen molar-refractivity contribution in [2.75, 3.05) is 13.2 Å². The fraction of sp³-hybridized carbons (Fsp3) is 0.870. The van der Waals surface area contributed by atoms with Crippen LogP contribution in [0.4, 0.5) is 0 Å². The summed E-state index contributed by atoms with van der Waals surface area (Å²) >= 11 is 0. The first-order valence-electron chi connectivity index (χ1n) is 11.9. The maximum Gasteiger partial charge on any atom is 0.252 e. The number of rotatable bonds is 3. The lowest BCUT2D eigenvalue weighted by atomic mass is 9.68. The summed E-state index contributed by atoms with van der Waals surface area (Å²) in [5.41, 5.74) is 5.51. The number of ether oxygens (including phenoxy) is 1. The molecular formula is C23H37N3O4. The molecule has 4 unspecified atom stereocenters. The van der Waals surface area contributed by atoms with Crippen LogP contribution >= 0.6 is 0 Å². The minimum absolute atomic E-state index is 0.0268. The number of primary amides is 1. The monoisotopic (exact) mass is 419 g/mol. The molecule has 7 nitrogen and oxygen atoms in total. The van der Waals surface area contributed by atoms with Crippen LogP contribution in [0.5, 0.6) is 0 Å². The highest BCUT2D eigenvalue weighted by Gasteiger charge is 2.48. The summed E-state index contributed by atoms with van der Waals surface area (Å²) in [6, 6.07) is 0.223. The smallest absolute Gasteiger partial charge is 0.252 e. The summed E-state index contributed by atoms with van der Waals surface area (Å²) in [4.78, 5) is 41.4. The molecule has 4 rings (SSSR count). The second kappa shape index (κ2) is 8.85. The molecule has 2 saturated carbocycles. The topological polar surface area (TPSA) is 92.9 Å². The molecule has 2 heterocycles. The molecule has 2 aliphatic heterocycles. The normalized spacial score (nSPS) is 39.5. The van der Waals surface area contributed by atoms with Gasteiger partial charge in [0.1, 0.15) is 6.10 Å². The van der Waals surface area contributed by atoms with Gasteiger partial charge in [0.15, 0.2) is 0 Å². The van der Waals surface area contributed by atoms with Gasteiger partial charge >= 0.3 is 0 Å². The van der Waals surface area contributed by atoms with E-state index >= 15 is 0 Å². The number of nitrogens with zero attached hydrogens (tertiary/aromatic N) is 2. The third-order valence-corrected chi connectivity index (χ3v) is 8.21. The van der Waals surface area contributed by atoms with Gasteiger partial charge in [-0.1, -0.05) is 0 Å². The molecule has 2 N–H and O–H groups in total. The number of fused-ring (bicyclic) bond motifs is 1. The standard InChI is InChI=1S/C23H37N3O4/c1-14-13-25(23(29)21-4-3-11-30-21)20-12-18(9-10-19(20)26(14)15(2)27)16-5-7-17(8-6-16)22(24)28/h14,16-21H,3-13H2,1-2H3,(H2,24,28)/t14-,16?,17?,18?,19?,20?,21?/m0/s1. The Labute approximate surface area is 179 Å². The van der Waals surface area contributed by atoms with Crippen LogP contribution in [0.15, 0.2) is 0 Å². The molecule has 7 heteroatoms. The lowest BCUT2D eigenvalue weighted by Gasteiger charge is -2.55. The van der Waals surface area contributed by atoms with Crippen molar-refractivity contribution >= 4 is 17.7 Å². The highest BCUT2D eigenvalue weighted by Crippen LogP contribution is 2.44. The van der Waals surface area contributed by atoms with Gasteiger partial charge < -0.3 is 20.3 Å². The molecule has 0 spiro atoms. The van der Waals surface area contributed by atoms with Gasteiger partial charge in [-0.25, -0.2) is 0 Å². The molecule has 2 aliphatic carbocycles. The van der Waals surface area contributed by atoms with E-state index in [2.05, 4.69) is 11.8 Å². The van der Waals surface area contributed by atoms with Gasteiger partial charge in [-0.3, -0.25) is 14.4 Å². The average molecular weight is 420 g/mol. The van der Waals surface area contributed by atoms with Crippen molar-refractivity contribution in [3.05, 3.63) is 0 Å². The molecular weight excluding hydrogens is 382 g/mol. The Balaban J connectivity index is 1.50. The quantitative estimate of drug-likeness (QED) is 0.758. The molecule has 3 amide bonds. The predicted octanol–water partition coefficient (Wildman–Crippen LogP) is 2.07. The molecule has 168 valence electrons. The number of hydrogen-bond acceptors (Lipinski definition) is 4. The first-order valence-corrected chi connectivity index (χ1v) is 11.9. The maximum atomic E-state index is 13.3. The largest absolute Gasteiger partial charge is 0.369 e. The zero-order valence-electron chi connectivity index (χ0n) is 18.4. The third-order valence-electron chi connectivity index (χ3n) is 8.21. The number of carbonyl (C=O) groups is 3. The molecule has 2 saturated heterocycles. The average Bonchev–Trinajstić information content (AvgIpc) is 3.27. The Hall–Kier alpha value is -1.63. The maximum absolute atomic E-state index is 13.3. The van der Waals surface area contributed by atoms with Crippen LogP contribution in [-0.4, -0.2) is 64.9 Å². The van der Waals surface area contributed by atoms with Crippen LogP contribution in [-0.2, 0) is 19.1 Å². The van der Waals surface area contributed by atoms with Crippen molar-refractivity contribution in [2.45, 2.75) is 95.9 Å². The highest BCUT2D eigenvalue weighted by atomic mass is 16.5. The van der Waals surface area contributed by atoms with E-state index in [1.54, 1.807) is 6.92 Å². The Morgan fingerprint density at radius 1 is 0.933 bits per heavy atom. The van der Waals surface area contributed by atoms with Crippen LogP contribution in [0.2, 0.25) is 0 Å². The van der Waals surface area contributed by atoms with Gasteiger partial charge in [0.05, 0.1) is 12.1 Å². The lowest BCUT2D eigenvalue weighted by molar-refractivity contribution is -0.160. The van der Waals surface area contributed by atoms with Crippen molar-refractivity contribution in [2.24, 2.45) is 23.5 Å². The molecule has 5 atom stereocenters. The first kappa shape index (κ1) is 21.6. The van der Waals surface area contributed by atoms with Crippen molar-refractivity contribution in [3.8, 4) is 0 Å². The van der Waals surface area contributed by atoms with Crippen LogP contribution < -0.4 is 5.73 Å². The van der Waals surface area contributed by atoms with Crippen molar-refractivity contribution < 1.29 is 19.1 Å². The zero-order valence-corrected chi connectivity index (χ0v) is 18.4. The Morgan fingerprint density at radius 3 is 2.23 bits per heavy atom. The van der Waals surface area contributed by atoms with E-state index in [0.29, 0.717) is 25.0 Å². The first-order chi connectivity index (χ1) is 14.4. The predicted molar refractivity (Wildman–Crippen MR) is 112 cm³/mol. The van der Waals surface area contributed by atoms with Gasteiger partial charge in [0, 0.05) is 32.0 Å². The van der Waals surface area contributed by atoms with Crippen molar-refractivity contribution in [3.63, 3.8) is 0 Å². The summed E-state index contributed by atoms with van der Waals surface area (Å²) in [6.45, 7) is 4.98. The SMILES string of the molecule is CC(=O)N1C2CCC(C3CCC(C(N)=O)CC3)CC2N(C(=O)C2CCCO2)C[C@@H]1C. The van der Waals surface area contributed by atoms with Crippen LogP contribution in [0.25, 0.3) is 0 Å². The van der Waals surface area contributed by atoms with Gasteiger partial charge in [0.2, 0.25) is 11.8 Å². The fourth-order valence-electron chi connectivity index (χ4n) is 6.71. The van der Waals surface area contributed by atoms with Crippen LogP contribution in [0, 0.1) is 17.8 Å². The van der Waals surface area contributed by atoms with Gasteiger partial charge in [-0.15, -0.1) is 0 Å². The second-order valence-corrected chi connectivity index (χ2v) is 9.99. The molecule has 0 aromatic heterocycles. The summed E-state index contributed by atoms with van der Waals surface area (Å²) in [6.07, 6.45) is 8.29. The minimum atomic E-state index is -0.312. The molecule has 0 bridgehead atoms. The molecule has 0 aromatic rings. The number of piperazine rings is 1. The Kier molecular flexibility index (Phi) is 6.37. The summed E-state index contributed by atoms with van der Waals surface area (Å²) in [5, 5.41) is 0. The van der Waals surface area contributed by atoms with E-state index in [4.69, 9.17) is 10.5 Å². The highest BCUT2D eigenvalue weighted by molar-refractivity contribution is 5.82. The van der Waals surface area contributed by atoms with E-state index in [1.165, 1.54) is 0 Å². The lowest BCUT2D eigenvalue weighted by Crippen LogP contribution is -2.68. The molecule has 0 radical (unpaired) electrons. The van der Waals surface area contributed by atoms with Crippen LogP contribution in [0.1, 0.15) is 71.6 Å². The van der Waals surface area contributed by atoms with Crippen molar-refractivity contribution in [1.82, 2.24) is 9.80 Å². The molecule has 4 aliphatic rings. The van der Waals surface area contributed by atoms with Gasteiger partial charge in [0.25, 0.3) is 5.91 Å². The second-order valence-electron chi connectivity index (χ2n) is 9.99. The molecule has 0 aromatic carbocycles. The summed E-state index contributed by atoms with van der Waals surface area (Å²) in [5.74, 6) is 1.23. The van der Waals surface area contributed by atoms with E-state index < -0.39 is 0 Å². The number of nitrogens with two attached hydrogens (primary N) is 1. The van der Waals surface area contributed by atoms with E-state index in [9.17, 15) is 14.4 Å². The summed E-state index contributed by atoms with van der Waals surface area (Å²) in [7, 11) is 0. The number of carbonyl (C=O) groups excluding carboxylic acids is 3. The number of amides is 3. The fourth-order valence-corrected chi connectivity index (χ4v) is 6.71. The van der Waals surface area contributed by atoms with E-state index in [0.717, 1.165) is 57.8 Å². The minimum Gasteiger partial charge on any atom is -0.369 e.